The van der Waals surface area contributed by atoms with Crippen LogP contribution in [0.25, 0.3) is 11.3 Å². The fraction of sp³-hybridized carbons (Fsp3) is 0.308. The van der Waals surface area contributed by atoms with Gasteiger partial charge in [-0.15, -0.1) is 0 Å². The molecule has 0 aliphatic rings. The fourth-order valence-corrected chi connectivity index (χ4v) is 3.98. The van der Waals surface area contributed by atoms with Crippen LogP contribution in [0, 0.1) is 20.8 Å². The summed E-state index contributed by atoms with van der Waals surface area (Å²) in [6.45, 7) is 8.64. The lowest BCUT2D eigenvalue weighted by Gasteiger charge is -2.13. The first kappa shape index (κ1) is 22.3. The number of aromatic nitrogens is 1. The van der Waals surface area contributed by atoms with E-state index < -0.39 is 0 Å². The number of hydrogen-bond acceptors (Lipinski definition) is 3. The number of aryl methyl sites for hydroxylation is 1. The maximum absolute atomic E-state index is 12.8. The Balaban J connectivity index is 1.82. The highest BCUT2D eigenvalue weighted by atomic mass is 16.5. The van der Waals surface area contributed by atoms with Crippen LogP contribution in [0.1, 0.15) is 39.7 Å². The second kappa shape index (κ2) is 10.1. The summed E-state index contributed by atoms with van der Waals surface area (Å²) >= 11 is 0. The summed E-state index contributed by atoms with van der Waals surface area (Å²) in [6.07, 6.45) is 0.775. The van der Waals surface area contributed by atoms with Crippen molar-refractivity contribution in [2.45, 2.75) is 40.7 Å². The number of carbonyl (C=O) groups excluding carboxylic acids is 2. The van der Waals surface area contributed by atoms with E-state index in [0.717, 1.165) is 28.9 Å². The average molecular weight is 419 g/mol. The lowest BCUT2D eigenvalue weighted by Crippen LogP contribution is -2.30. The van der Waals surface area contributed by atoms with Gasteiger partial charge >= 0.3 is 5.97 Å². The summed E-state index contributed by atoms with van der Waals surface area (Å²) in [5, 5.41) is 3.01. The van der Waals surface area contributed by atoms with Crippen LogP contribution < -0.4 is 5.32 Å². The second-order valence-electron chi connectivity index (χ2n) is 7.70. The largest absolute Gasteiger partial charge is 0.462 e. The van der Waals surface area contributed by atoms with Crippen molar-refractivity contribution in [3.8, 4) is 11.3 Å². The average Bonchev–Trinajstić information content (AvgIpc) is 2.98. The van der Waals surface area contributed by atoms with E-state index in [1.54, 1.807) is 6.92 Å². The van der Waals surface area contributed by atoms with Gasteiger partial charge in [-0.3, -0.25) is 4.79 Å². The standard InChI is InChI=1S/C26H30N2O3/c1-5-31-26(30)24-19(3)25(22-12-7-6-8-13-22)28(20(24)4)17-23(29)27-15-14-21-11-9-10-18(2)16-21/h6-13,16H,5,14-15,17H2,1-4H3,(H,27,29). The zero-order valence-electron chi connectivity index (χ0n) is 18.7. The van der Waals surface area contributed by atoms with Crippen molar-refractivity contribution in [3.05, 3.63) is 82.5 Å². The van der Waals surface area contributed by atoms with E-state index in [2.05, 4.69) is 30.4 Å². The van der Waals surface area contributed by atoms with Gasteiger partial charge in [0.05, 0.1) is 17.9 Å². The molecular weight excluding hydrogens is 388 g/mol. The highest BCUT2D eigenvalue weighted by Crippen LogP contribution is 2.31. The number of amides is 1. The number of benzene rings is 2. The molecule has 0 spiro atoms. The van der Waals surface area contributed by atoms with Crippen molar-refractivity contribution in [3.63, 3.8) is 0 Å². The van der Waals surface area contributed by atoms with Crippen LogP contribution in [0.2, 0.25) is 0 Å². The second-order valence-corrected chi connectivity index (χ2v) is 7.70. The smallest absolute Gasteiger partial charge is 0.340 e. The molecule has 5 nitrogen and oxygen atoms in total. The first-order valence-electron chi connectivity index (χ1n) is 10.7. The predicted octanol–water partition coefficient (Wildman–Crippen LogP) is 4.62. The van der Waals surface area contributed by atoms with Gasteiger partial charge in [-0.05, 0) is 50.8 Å². The summed E-state index contributed by atoms with van der Waals surface area (Å²) < 4.78 is 7.19. The molecule has 2 aromatic carbocycles. The van der Waals surface area contributed by atoms with Crippen LogP contribution in [-0.4, -0.2) is 29.6 Å². The quantitative estimate of drug-likeness (QED) is 0.543. The van der Waals surface area contributed by atoms with Gasteiger partial charge in [0.1, 0.15) is 6.54 Å². The molecule has 0 radical (unpaired) electrons. The summed E-state index contributed by atoms with van der Waals surface area (Å²) in [4.78, 5) is 25.4. The Kier molecular flexibility index (Phi) is 7.29. The molecule has 0 fully saturated rings. The van der Waals surface area contributed by atoms with E-state index in [-0.39, 0.29) is 18.4 Å². The van der Waals surface area contributed by atoms with E-state index >= 15 is 0 Å². The molecule has 1 N–H and O–H groups in total. The minimum absolute atomic E-state index is 0.0849. The maximum atomic E-state index is 12.8. The first-order valence-corrected chi connectivity index (χ1v) is 10.7. The molecule has 0 aliphatic heterocycles. The molecule has 1 amide bonds. The van der Waals surface area contributed by atoms with Crippen LogP contribution in [0.5, 0.6) is 0 Å². The van der Waals surface area contributed by atoms with Crippen LogP contribution in [0.3, 0.4) is 0 Å². The van der Waals surface area contributed by atoms with Crippen molar-refractivity contribution < 1.29 is 14.3 Å². The third-order valence-corrected chi connectivity index (χ3v) is 5.41. The summed E-state index contributed by atoms with van der Waals surface area (Å²) in [5.41, 5.74) is 6.34. The monoisotopic (exact) mass is 418 g/mol. The molecule has 0 aliphatic carbocycles. The number of hydrogen-bond donors (Lipinski definition) is 1. The lowest BCUT2D eigenvalue weighted by atomic mass is 10.1. The minimum Gasteiger partial charge on any atom is -0.462 e. The maximum Gasteiger partial charge on any atom is 0.340 e. The molecule has 0 saturated heterocycles. The normalized spacial score (nSPS) is 10.7. The minimum atomic E-state index is -0.353. The van der Waals surface area contributed by atoms with Gasteiger partial charge in [-0.1, -0.05) is 60.2 Å². The van der Waals surface area contributed by atoms with Crippen LogP contribution in [-0.2, 0) is 22.5 Å². The SMILES string of the molecule is CCOC(=O)c1c(C)c(-c2ccccc2)n(CC(=O)NCCc2cccc(C)c2)c1C. The topological polar surface area (TPSA) is 60.3 Å². The Bertz CT molecular complexity index is 1070. The molecule has 1 heterocycles. The zero-order valence-corrected chi connectivity index (χ0v) is 18.7. The summed E-state index contributed by atoms with van der Waals surface area (Å²) in [6, 6.07) is 18.1. The number of rotatable bonds is 8. The molecule has 31 heavy (non-hydrogen) atoms. The molecule has 3 aromatic rings. The molecular formula is C26H30N2O3. The van der Waals surface area contributed by atoms with Gasteiger partial charge < -0.3 is 14.6 Å². The first-order chi connectivity index (χ1) is 14.9. The summed E-state index contributed by atoms with van der Waals surface area (Å²) in [7, 11) is 0. The van der Waals surface area contributed by atoms with Crippen LogP contribution in [0.15, 0.2) is 54.6 Å². The molecule has 162 valence electrons. The Morgan fingerprint density at radius 1 is 1.00 bits per heavy atom. The summed E-state index contributed by atoms with van der Waals surface area (Å²) in [5.74, 6) is -0.438. The van der Waals surface area contributed by atoms with Crippen molar-refractivity contribution >= 4 is 11.9 Å². The Labute approximate surface area is 184 Å². The van der Waals surface area contributed by atoms with E-state index in [1.807, 2.05) is 54.8 Å². The Morgan fingerprint density at radius 3 is 2.42 bits per heavy atom. The highest BCUT2D eigenvalue weighted by Gasteiger charge is 2.25. The van der Waals surface area contributed by atoms with E-state index in [4.69, 9.17) is 4.74 Å². The van der Waals surface area contributed by atoms with Crippen molar-refractivity contribution in [2.75, 3.05) is 13.2 Å². The van der Waals surface area contributed by atoms with Gasteiger partial charge in [-0.2, -0.15) is 0 Å². The Morgan fingerprint density at radius 2 is 1.74 bits per heavy atom. The number of ether oxygens (including phenoxy) is 1. The van der Waals surface area contributed by atoms with E-state index in [9.17, 15) is 9.59 Å². The molecule has 0 bridgehead atoms. The lowest BCUT2D eigenvalue weighted by molar-refractivity contribution is -0.121. The molecule has 1 aromatic heterocycles. The number of nitrogens with zero attached hydrogens (tertiary/aromatic N) is 1. The van der Waals surface area contributed by atoms with E-state index in [0.29, 0.717) is 18.7 Å². The van der Waals surface area contributed by atoms with Crippen molar-refractivity contribution in [1.29, 1.82) is 0 Å². The molecule has 0 unspecified atom stereocenters. The third-order valence-electron chi connectivity index (χ3n) is 5.41. The van der Waals surface area contributed by atoms with Crippen molar-refractivity contribution in [1.82, 2.24) is 9.88 Å². The van der Waals surface area contributed by atoms with E-state index in [1.165, 1.54) is 11.1 Å². The number of esters is 1. The molecule has 3 rings (SSSR count). The fourth-order valence-electron chi connectivity index (χ4n) is 3.98. The predicted molar refractivity (Wildman–Crippen MR) is 123 cm³/mol. The van der Waals surface area contributed by atoms with Crippen LogP contribution in [0.4, 0.5) is 0 Å². The van der Waals surface area contributed by atoms with Gasteiger partial charge in [0.2, 0.25) is 5.91 Å². The van der Waals surface area contributed by atoms with Crippen molar-refractivity contribution in [2.24, 2.45) is 0 Å². The van der Waals surface area contributed by atoms with Gasteiger partial charge in [-0.25, -0.2) is 4.79 Å². The van der Waals surface area contributed by atoms with Gasteiger partial charge in [0, 0.05) is 12.2 Å². The molecule has 5 heteroatoms. The highest BCUT2D eigenvalue weighted by molar-refractivity contribution is 5.95. The van der Waals surface area contributed by atoms with Gasteiger partial charge in [0.15, 0.2) is 0 Å². The Hall–Kier alpha value is -3.34. The zero-order chi connectivity index (χ0) is 22.4. The molecule has 0 atom stereocenters. The molecule has 0 saturated carbocycles. The number of carbonyl (C=O) groups is 2. The van der Waals surface area contributed by atoms with Crippen LogP contribution >= 0.6 is 0 Å². The number of nitrogens with one attached hydrogen (secondary N) is 1. The van der Waals surface area contributed by atoms with Gasteiger partial charge in [0.25, 0.3) is 0 Å². The third kappa shape index (κ3) is 5.23.